The van der Waals surface area contributed by atoms with Gasteiger partial charge in [-0.3, -0.25) is 5.10 Å². The molecule has 0 saturated heterocycles. The summed E-state index contributed by atoms with van der Waals surface area (Å²) < 4.78 is 31.5. The molecule has 3 aromatic heterocycles. The summed E-state index contributed by atoms with van der Waals surface area (Å²) in [6, 6.07) is 4.53. The van der Waals surface area contributed by atoms with Crippen molar-refractivity contribution >= 4 is 22.6 Å². The maximum atomic E-state index is 13.2. The van der Waals surface area contributed by atoms with Crippen molar-refractivity contribution in [1.29, 1.82) is 0 Å². The number of aliphatic hydroxyl groups is 1. The Morgan fingerprint density at radius 3 is 2.91 bits per heavy atom. The van der Waals surface area contributed by atoms with Gasteiger partial charge in [-0.25, -0.2) is 18.7 Å². The summed E-state index contributed by atoms with van der Waals surface area (Å²) in [7, 11) is 0. The first kappa shape index (κ1) is 15.6. The van der Waals surface area contributed by atoms with Gasteiger partial charge in [0.15, 0.2) is 5.65 Å². The van der Waals surface area contributed by atoms with E-state index in [0.29, 0.717) is 21.7 Å². The molecule has 0 bridgehead atoms. The van der Waals surface area contributed by atoms with Gasteiger partial charge in [-0.15, -0.1) is 0 Å². The standard InChI is InChI=1S/C14H11ClF2N4O2/c15-7-5-8-11(20-21-14(8)18-6-7)9-1-2-10(23-4-3-22)12(19-9)13(16)17/h1-2,5-6,13,22H,3-4H2,(H,18,20,21). The first-order valence-corrected chi connectivity index (χ1v) is 7.00. The number of hydrogen-bond donors (Lipinski definition) is 2. The van der Waals surface area contributed by atoms with Crippen LogP contribution in [-0.4, -0.2) is 38.5 Å². The lowest BCUT2D eigenvalue weighted by Crippen LogP contribution is -2.06. The average molecular weight is 341 g/mol. The molecule has 0 amide bonds. The molecule has 23 heavy (non-hydrogen) atoms. The number of nitrogens with zero attached hydrogens (tertiary/aromatic N) is 3. The maximum Gasteiger partial charge on any atom is 0.284 e. The summed E-state index contributed by atoms with van der Waals surface area (Å²) in [5.41, 5.74) is 0.605. The van der Waals surface area contributed by atoms with Crippen molar-refractivity contribution in [2.75, 3.05) is 13.2 Å². The van der Waals surface area contributed by atoms with Crippen LogP contribution in [0.2, 0.25) is 5.02 Å². The van der Waals surface area contributed by atoms with Gasteiger partial charge in [-0.05, 0) is 18.2 Å². The molecule has 0 radical (unpaired) electrons. The zero-order valence-corrected chi connectivity index (χ0v) is 12.4. The molecule has 0 spiro atoms. The lowest BCUT2D eigenvalue weighted by atomic mass is 10.2. The summed E-state index contributed by atoms with van der Waals surface area (Å²) >= 11 is 5.91. The minimum atomic E-state index is -2.82. The first-order valence-electron chi connectivity index (χ1n) is 6.63. The molecule has 0 aliphatic carbocycles. The Morgan fingerprint density at radius 1 is 1.35 bits per heavy atom. The van der Waals surface area contributed by atoms with E-state index >= 15 is 0 Å². The highest BCUT2D eigenvalue weighted by Crippen LogP contribution is 2.32. The van der Waals surface area contributed by atoms with Gasteiger partial charge < -0.3 is 9.84 Å². The number of hydrogen-bond acceptors (Lipinski definition) is 5. The molecular formula is C14H11ClF2N4O2. The van der Waals surface area contributed by atoms with E-state index in [4.69, 9.17) is 21.4 Å². The highest BCUT2D eigenvalue weighted by molar-refractivity contribution is 6.31. The van der Waals surface area contributed by atoms with E-state index in [1.165, 1.54) is 18.3 Å². The lowest BCUT2D eigenvalue weighted by Gasteiger charge is -2.10. The van der Waals surface area contributed by atoms with Crippen molar-refractivity contribution in [2.24, 2.45) is 0 Å². The predicted octanol–water partition coefficient (Wildman–Crippen LogP) is 2.98. The van der Waals surface area contributed by atoms with Crippen LogP contribution in [0, 0.1) is 0 Å². The molecule has 3 heterocycles. The van der Waals surface area contributed by atoms with Crippen molar-refractivity contribution in [1.82, 2.24) is 20.2 Å². The summed E-state index contributed by atoms with van der Waals surface area (Å²) in [6.07, 6.45) is -1.38. The summed E-state index contributed by atoms with van der Waals surface area (Å²) in [4.78, 5) is 7.99. The van der Waals surface area contributed by atoms with Gasteiger partial charge in [0.05, 0.1) is 23.0 Å². The van der Waals surface area contributed by atoms with E-state index in [0.717, 1.165) is 0 Å². The number of aliphatic hydroxyl groups excluding tert-OH is 1. The van der Waals surface area contributed by atoms with Crippen LogP contribution in [0.5, 0.6) is 5.75 Å². The molecule has 0 atom stereocenters. The minimum Gasteiger partial charge on any atom is -0.489 e. The number of ether oxygens (including phenoxy) is 1. The molecule has 120 valence electrons. The van der Waals surface area contributed by atoms with Gasteiger partial charge in [0.25, 0.3) is 6.43 Å². The number of halogens is 3. The molecule has 0 fully saturated rings. The summed E-state index contributed by atoms with van der Waals surface area (Å²) in [5.74, 6) is -0.0715. The summed E-state index contributed by atoms with van der Waals surface area (Å²) in [5, 5.41) is 16.4. The number of rotatable bonds is 5. The van der Waals surface area contributed by atoms with Gasteiger partial charge in [-0.1, -0.05) is 11.6 Å². The third-order valence-corrected chi connectivity index (χ3v) is 3.28. The van der Waals surface area contributed by atoms with Crippen LogP contribution in [0.1, 0.15) is 12.1 Å². The predicted molar refractivity (Wildman–Crippen MR) is 79.7 cm³/mol. The van der Waals surface area contributed by atoms with Gasteiger partial charge in [0.1, 0.15) is 18.1 Å². The molecule has 0 aromatic carbocycles. The van der Waals surface area contributed by atoms with Crippen molar-refractivity contribution in [3.8, 4) is 17.1 Å². The van der Waals surface area contributed by atoms with Crippen LogP contribution in [0.25, 0.3) is 22.4 Å². The van der Waals surface area contributed by atoms with Crippen LogP contribution < -0.4 is 4.74 Å². The molecule has 0 aliphatic rings. The Bertz CT molecular complexity index is 841. The Hall–Kier alpha value is -2.32. The highest BCUT2D eigenvalue weighted by Gasteiger charge is 2.19. The fourth-order valence-electron chi connectivity index (χ4n) is 2.10. The normalized spacial score (nSPS) is 11.3. The number of nitrogens with one attached hydrogen (secondary N) is 1. The fourth-order valence-corrected chi connectivity index (χ4v) is 2.26. The van der Waals surface area contributed by atoms with E-state index in [-0.39, 0.29) is 24.7 Å². The Morgan fingerprint density at radius 2 is 2.17 bits per heavy atom. The van der Waals surface area contributed by atoms with Gasteiger partial charge >= 0.3 is 0 Å². The molecule has 9 heteroatoms. The highest BCUT2D eigenvalue weighted by atomic mass is 35.5. The van der Waals surface area contributed by atoms with Crippen LogP contribution in [0.4, 0.5) is 8.78 Å². The molecule has 2 N–H and O–H groups in total. The number of fused-ring (bicyclic) bond motifs is 1. The molecule has 0 unspecified atom stereocenters. The molecule has 6 nitrogen and oxygen atoms in total. The quantitative estimate of drug-likeness (QED) is 0.746. The van der Waals surface area contributed by atoms with Crippen molar-refractivity contribution in [3.63, 3.8) is 0 Å². The molecule has 3 rings (SSSR count). The van der Waals surface area contributed by atoms with E-state index in [2.05, 4.69) is 20.2 Å². The van der Waals surface area contributed by atoms with Crippen LogP contribution >= 0.6 is 11.6 Å². The van der Waals surface area contributed by atoms with Gasteiger partial charge in [0.2, 0.25) is 0 Å². The van der Waals surface area contributed by atoms with Crippen molar-refractivity contribution in [2.45, 2.75) is 6.43 Å². The van der Waals surface area contributed by atoms with Crippen LogP contribution in [0.15, 0.2) is 24.4 Å². The minimum absolute atomic E-state index is 0.0715. The monoisotopic (exact) mass is 340 g/mol. The van der Waals surface area contributed by atoms with Crippen LogP contribution in [0.3, 0.4) is 0 Å². The third kappa shape index (κ3) is 3.08. The second kappa shape index (κ2) is 6.43. The van der Waals surface area contributed by atoms with E-state index in [1.54, 1.807) is 6.07 Å². The molecule has 0 aliphatic heterocycles. The van der Waals surface area contributed by atoms with Gasteiger partial charge in [-0.2, -0.15) is 5.10 Å². The zero-order chi connectivity index (χ0) is 16.4. The summed E-state index contributed by atoms with van der Waals surface area (Å²) in [6.45, 7) is -0.368. The molecular weight excluding hydrogens is 330 g/mol. The van der Waals surface area contributed by atoms with Crippen LogP contribution in [-0.2, 0) is 0 Å². The lowest BCUT2D eigenvalue weighted by molar-refractivity contribution is 0.135. The second-order valence-electron chi connectivity index (χ2n) is 4.58. The van der Waals surface area contributed by atoms with Crippen molar-refractivity contribution < 1.29 is 18.6 Å². The topological polar surface area (TPSA) is 83.9 Å². The molecule has 0 saturated carbocycles. The number of aromatic amines is 1. The SMILES string of the molecule is OCCOc1ccc(-c2[nH]nc3ncc(Cl)cc23)nc1C(F)F. The Kier molecular flexibility index (Phi) is 4.35. The average Bonchev–Trinajstić information content (AvgIpc) is 2.95. The third-order valence-electron chi connectivity index (χ3n) is 3.07. The van der Waals surface area contributed by atoms with E-state index in [1.807, 2.05) is 0 Å². The zero-order valence-electron chi connectivity index (χ0n) is 11.6. The Balaban J connectivity index is 2.08. The largest absolute Gasteiger partial charge is 0.489 e. The second-order valence-corrected chi connectivity index (χ2v) is 5.01. The number of alkyl halides is 2. The van der Waals surface area contributed by atoms with Crippen molar-refractivity contribution in [3.05, 3.63) is 35.1 Å². The molecule has 3 aromatic rings. The smallest absolute Gasteiger partial charge is 0.284 e. The van der Waals surface area contributed by atoms with E-state index < -0.39 is 12.1 Å². The van der Waals surface area contributed by atoms with E-state index in [9.17, 15) is 8.78 Å². The fraction of sp³-hybridized carbons (Fsp3) is 0.214. The number of H-pyrrole nitrogens is 1. The number of aromatic nitrogens is 4. The number of pyridine rings is 2. The maximum absolute atomic E-state index is 13.2. The first-order chi connectivity index (χ1) is 11.1. The Labute approximate surface area is 134 Å². The van der Waals surface area contributed by atoms with Gasteiger partial charge in [0, 0.05) is 11.6 Å².